The molecule has 4 rings (SSSR count). The number of aryl methyl sites for hydroxylation is 1. The van der Waals surface area contributed by atoms with Crippen LogP contribution in [0.2, 0.25) is 0 Å². The highest BCUT2D eigenvalue weighted by molar-refractivity contribution is 5.72. The zero-order valence-corrected chi connectivity index (χ0v) is 19.8. The number of aliphatic carboxylic acids is 1. The van der Waals surface area contributed by atoms with Crippen LogP contribution in [0.5, 0.6) is 5.75 Å². The van der Waals surface area contributed by atoms with Gasteiger partial charge in [-0.25, -0.2) is 4.98 Å². The zero-order valence-electron chi connectivity index (χ0n) is 19.8. The molecule has 11 heteroatoms. The molecule has 0 radical (unpaired) electrons. The molecule has 1 aromatic carbocycles. The maximum absolute atomic E-state index is 10.6. The Labute approximate surface area is 203 Å². The van der Waals surface area contributed by atoms with Crippen molar-refractivity contribution in [3.63, 3.8) is 0 Å². The number of nitrogens with one attached hydrogen (secondary N) is 1. The Morgan fingerprint density at radius 2 is 1.94 bits per heavy atom. The van der Waals surface area contributed by atoms with Gasteiger partial charge in [0, 0.05) is 19.2 Å². The van der Waals surface area contributed by atoms with Crippen molar-refractivity contribution in [3.05, 3.63) is 42.9 Å². The third-order valence-electron chi connectivity index (χ3n) is 5.46. The number of carboxylic acids is 1. The van der Waals surface area contributed by atoms with Crippen LogP contribution < -0.4 is 10.1 Å². The number of carboxylic acid groups (broad SMARTS) is 1. The molecule has 35 heavy (non-hydrogen) atoms. The normalized spacial score (nSPS) is 11.1. The van der Waals surface area contributed by atoms with Crippen molar-refractivity contribution in [3.8, 4) is 11.4 Å². The van der Waals surface area contributed by atoms with E-state index in [1.807, 2.05) is 35.1 Å². The molecule has 0 bridgehead atoms. The fraction of sp³-hybridized carbons (Fsp3) is 0.417. The van der Waals surface area contributed by atoms with E-state index in [1.165, 1.54) is 19.3 Å². The van der Waals surface area contributed by atoms with E-state index < -0.39 is 5.97 Å². The van der Waals surface area contributed by atoms with E-state index in [4.69, 9.17) is 9.84 Å². The Kier molecular flexibility index (Phi) is 8.21. The molecule has 0 atom stereocenters. The second-order valence-corrected chi connectivity index (χ2v) is 8.27. The van der Waals surface area contributed by atoms with Gasteiger partial charge in [-0.15, -0.1) is 5.10 Å². The molecule has 0 saturated heterocycles. The standard InChI is InChI=1S/C24H30N8O3/c1-2-3-4-6-13-31-17-18(15-26-31)27-24-25-16-21-23(28-24)32(30-29-21)19-9-11-20(12-10-19)35-14-7-5-8-22(33)34/h9-12,15-17H,2-8,13-14H2,1H3,(H,33,34)(H,25,27,28). The summed E-state index contributed by atoms with van der Waals surface area (Å²) in [6.45, 7) is 3.56. The molecule has 0 saturated carbocycles. The van der Waals surface area contributed by atoms with Crippen molar-refractivity contribution in [2.24, 2.45) is 0 Å². The smallest absolute Gasteiger partial charge is 0.303 e. The molecule has 4 aromatic rings. The summed E-state index contributed by atoms with van der Waals surface area (Å²) in [4.78, 5) is 19.5. The molecular formula is C24H30N8O3. The van der Waals surface area contributed by atoms with Crippen LogP contribution in [-0.2, 0) is 11.3 Å². The summed E-state index contributed by atoms with van der Waals surface area (Å²) in [5.41, 5.74) is 2.77. The van der Waals surface area contributed by atoms with Gasteiger partial charge in [0.05, 0.1) is 30.4 Å². The third kappa shape index (κ3) is 6.75. The minimum absolute atomic E-state index is 0.155. The molecule has 2 N–H and O–H groups in total. The molecule has 0 spiro atoms. The highest BCUT2D eigenvalue weighted by Crippen LogP contribution is 2.20. The van der Waals surface area contributed by atoms with Gasteiger partial charge in [0.15, 0.2) is 11.2 Å². The lowest BCUT2D eigenvalue weighted by atomic mass is 10.2. The minimum Gasteiger partial charge on any atom is -0.494 e. The summed E-state index contributed by atoms with van der Waals surface area (Å²) >= 11 is 0. The Hall–Kier alpha value is -4.02. The van der Waals surface area contributed by atoms with Crippen LogP contribution in [0.1, 0.15) is 51.9 Å². The summed E-state index contributed by atoms with van der Waals surface area (Å²) in [5.74, 6) is 0.356. The van der Waals surface area contributed by atoms with Gasteiger partial charge in [0.25, 0.3) is 0 Å². The number of anilines is 2. The largest absolute Gasteiger partial charge is 0.494 e. The summed E-state index contributed by atoms with van der Waals surface area (Å²) in [7, 11) is 0. The molecule has 11 nitrogen and oxygen atoms in total. The quantitative estimate of drug-likeness (QED) is 0.253. The first-order valence-corrected chi connectivity index (χ1v) is 12.0. The molecular weight excluding hydrogens is 448 g/mol. The van der Waals surface area contributed by atoms with Crippen molar-refractivity contribution >= 4 is 28.8 Å². The van der Waals surface area contributed by atoms with Gasteiger partial charge < -0.3 is 15.2 Å². The summed E-state index contributed by atoms with van der Waals surface area (Å²) < 4.78 is 9.27. The number of hydrogen-bond acceptors (Lipinski definition) is 8. The van der Waals surface area contributed by atoms with Gasteiger partial charge >= 0.3 is 5.97 Å². The lowest BCUT2D eigenvalue weighted by molar-refractivity contribution is -0.137. The van der Waals surface area contributed by atoms with E-state index >= 15 is 0 Å². The average molecular weight is 479 g/mol. The lowest BCUT2D eigenvalue weighted by Crippen LogP contribution is -2.02. The highest BCUT2D eigenvalue weighted by Gasteiger charge is 2.11. The maximum atomic E-state index is 10.6. The summed E-state index contributed by atoms with van der Waals surface area (Å²) in [6, 6.07) is 7.43. The zero-order chi connectivity index (χ0) is 24.5. The molecule has 3 aromatic heterocycles. The first-order chi connectivity index (χ1) is 17.1. The highest BCUT2D eigenvalue weighted by atomic mass is 16.5. The number of unbranched alkanes of at least 4 members (excludes halogenated alkanes) is 4. The molecule has 0 fully saturated rings. The number of rotatable bonds is 14. The molecule has 0 aliphatic heterocycles. The van der Waals surface area contributed by atoms with Gasteiger partial charge in [0.2, 0.25) is 5.95 Å². The van der Waals surface area contributed by atoms with Crippen LogP contribution in [0.15, 0.2) is 42.9 Å². The van der Waals surface area contributed by atoms with E-state index in [9.17, 15) is 4.79 Å². The molecule has 0 aliphatic rings. The first-order valence-electron chi connectivity index (χ1n) is 12.0. The van der Waals surface area contributed by atoms with Crippen LogP contribution in [0.25, 0.3) is 16.9 Å². The van der Waals surface area contributed by atoms with Crippen molar-refractivity contribution in [2.45, 2.75) is 58.4 Å². The predicted octanol–water partition coefficient (Wildman–Crippen LogP) is 4.36. The number of hydrogen-bond donors (Lipinski definition) is 2. The fourth-order valence-electron chi connectivity index (χ4n) is 3.59. The number of ether oxygens (including phenoxy) is 1. The van der Waals surface area contributed by atoms with Crippen LogP contribution in [0.4, 0.5) is 11.6 Å². The monoisotopic (exact) mass is 478 g/mol. The topological polar surface area (TPSA) is 133 Å². The second-order valence-electron chi connectivity index (χ2n) is 8.27. The minimum atomic E-state index is -0.788. The number of benzene rings is 1. The molecule has 0 amide bonds. The molecule has 184 valence electrons. The van der Waals surface area contributed by atoms with E-state index in [2.05, 4.69) is 37.6 Å². The first kappa shape index (κ1) is 24.1. The maximum Gasteiger partial charge on any atom is 0.303 e. The number of nitrogens with zero attached hydrogens (tertiary/aromatic N) is 7. The van der Waals surface area contributed by atoms with Gasteiger partial charge in [-0.2, -0.15) is 14.8 Å². The van der Waals surface area contributed by atoms with Gasteiger partial charge in [-0.1, -0.05) is 31.4 Å². The van der Waals surface area contributed by atoms with E-state index in [0.29, 0.717) is 42.3 Å². The number of carbonyl (C=O) groups is 1. The van der Waals surface area contributed by atoms with Crippen LogP contribution in [0.3, 0.4) is 0 Å². The van der Waals surface area contributed by atoms with Crippen LogP contribution in [0, 0.1) is 0 Å². The van der Waals surface area contributed by atoms with Crippen molar-refractivity contribution in [2.75, 3.05) is 11.9 Å². The Balaban J connectivity index is 1.38. The molecule has 0 unspecified atom stereocenters. The third-order valence-corrected chi connectivity index (χ3v) is 5.46. The van der Waals surface area contributed by atoms with Crippen molar-refractivity contribution in [1.82, 2.24) is 34.7 Å². The predicted molar refractivity (Wildman–Crippen MR) is 131 cm³/mol. The van der Waals surface area contributed by atoms with Crippen molar-refractivity contribution in [1.29, 1.82) is 0 Å². The Morgan fingerprint density at radius 3 is 2.74 bits per heavy atom. The second kappa shape index (κ2) is 11.9. The van der Waals surface area contributed by atoms with Crippen LogP contribution >= 0.6 is 0 Å². The molecule has 3 heterocycles. The Morgan fingerprint density at radius 1 is 1.09 bits per heavy atom. The van der Waals surface area contributed by atoms with Gasteiger partial charge in [0.1, 0.15) is 5.75 Å². The van der Waals surface area contributed by atoms with Crippen molar-refractivity contribution < 1.29 is 14.6 Å². The van der Waals surface area contributed by atoms with Gasteiger partial charge in [-0.3, -0.25) is 9.48 Å². The fourth-order valence-corrected chi connectivity index (χ4v) is 3.59. The Bertz CT molecular complexity index is 1240. The summed E-state index contributed by atoms with van der Waals surface area (Å²) in [6.07, 6.45) is 11.6. The van der Waals surface area contributed by atoms with E-state index in [1.54, 1.807) is 17.1 Å². The molecule has 0 aliphatic carbocycles. The van der Waals surface area contributed by atoms with E-state index in [0.717, 1.165) is 24.3 Å². The lowest BCUT2D eigenvalue weighted by Gasteiger charge is -2.07. The number of aromatic nitrogens is 7. The van der Waals surface area contributed by atoms with E-state index in [-0.39, 0.29) is 6.42 Å². The number of fused-ring (bicyclic) bond motifs is 1. The van der Waals surface area contributed by atoms with Gasteiger partial charge in [-0.05, 0) is 43.5 Å². The average Bonchev–Trinajstić information content (AvgIpc) is 3.48. The summed E-state index contributed by atoms with van der Waals surface area (Å²) in [5, 5.41) is 24.7. The van der Waals surface area contributed by atoms with Crippen LogP contribution in [-0.4, -0.2) is 52.4 Å². The SMILES string of the molecule is CCCCCCn1cc(Nc2ncc3nnn(-c4ccc(OCCCCC(=O)O)cc4)c3n2)cn1.